The monoisotopic (exact) mass is 257 g/mol. The van der Waals surface area contributed by atoms with E-state index < -0.39 is 0 Å². The molecule has 0 aliphatic heterocycles. The molecule has 1 aromatic rings. The summed E-state index contributed by atoms with van der Waals surface area (Å²) in [5, 5.41) is 13.9. The summed E-state index contributed by atoms with van der Waals surface area (Å²) in [7, 11) is 1.73. The molecule has 0 radical (unpaired) electrons. The molecule has 1 rings (SSSR count). The van der Waals surface area contributed by atoms with E-state index in [2.05, 4.69) is 36.3 Å². The summed E-state index contributed by atoms with van der Waals surface area (Å²) in [6.45, 7) is 8.36. The first-order chi connectivity index (χ1) is 8.16. The second kappa shape index (κ2) is 7.03. The minimum absolute atomic E-state index is 0.280. The average Bonchev–Trinajstić information content (AvgIpc) is 2.83. The molecule has 0 bridgehead atoms. The number of rotatable bonds is 8. The Hall–Kier alpha value is -0.520. The van der Waals surface area contributed by atoms with E-state index in [0.717, 1.165) is 42.4 Å². The van der Waals surface area contributed by atoms with Crippen LogP contribution in [0.5, 0.6) is 0 Å². The first-order valence-electron chi connectivity index (χ1n) is 6.25. The van der Waals surface area contributed by atoms with Gasteiger partial charge in [0.1, 0.15) is 15.6 Å². The van der Waals surface area contributed by atoms with Crippen LogP contribution >= 0.6 is 11.3 Å². The van der Waals surface area contributed by atoms with Gasteiger partial charge in [-0.25, -0.2) is 0 Å². The number of ether oxygens (including phenoxy) is 1. The zero-order valence-electron chi connectivity index (χ0n) is 11.2. The van der Waals surface area contributed by atoms with Crippen molar-refractivity contribution in [2.24, 2.45) is 0 Å². The number of hydrogen-bond donors (Lipinski definition) is 1. The molecule has 0 saturated carbocycles. The van der Waals surface area contributed by atoms with Gasteiger partial charge in [0.05, 0.1) is 0 Å². The highest BCUT2D eigenvalue weighted by atomic mass is 32.1. The van der Waals surface area contributed by atoms with Gasteiger partial charge in [-0.2, -0.15) is 0 Å². The molecule has 98 valence electrons. The van der Waals surface area contributed by atoms with Crippen molar-refractivity contribution < 1.29 is 4.74 Å². The molecule has 1 heterocycles. The third-order valence-corrected chi connectivity index (χ3v) is 4.27. The van der Waals surface area contributed by atoms with Crippen LogP contribution < -0.4 is 5.32 Å². The van der Waals surface area contributed by atoms with E-state index in [4.69, 9.17) is 4.74 Å². The molecular weight excluding hydrogens is 234 g/mol. The number of hydrogen-bond acceptors (Lipinski definition) is 5. The molecule has 0 aliphatic rings. The van der Waals surface area contributed by atoms with Gasteiger partial charge in [-0.05, 0) is 32.9 Å². The van der Waals surface area contributed by atoms with E-state index in [1.54, 1.807) is 18.4 Å². The number of methoxy groups -OCH3 is 1. The molecular formula is C12H23N3OS. The zero-order chi connectivity index (χ0) is 12.7. The number of aryl methyl sites for hydroxylation is 1. The summed E-state index contributed by atoms with van der Waals surface area (Å²) in [5.74, 6) is 0. The van der Waals surface area contributed by atoms with Crippen molar-refractivity contribution in [3.63, 3.8) is 0 Å². The molecule has 0 aromatic carbocycles. The van der Waals surface area contributed by atoms with Crippen LogP contribution in [0.2, 0.25) is 0 Å². The van der Waals surface area contributed by atoms with E-state index in [1.165, 1.54) is 0 Å². The lowest BCUT2D eigenvalue weighted by atomic mass is 10.1. The Morgan fingerprint density at radius 3 is 2.71 bits per heavy atom. The zero-order valence-corrected chi connectivity index (χ0v) is 12.1. The fourth-order valence-electron chi connectivity index (χ4n) is 1.49. The second-order valence-electron chi connectivity index (χ2n) is 4.25. The van der Waals surface area contributed by atoms with Gasteiger partial charge in [-0.3, -0.25) is 0 Å². The first-order valence-corrected chi connectivity index (χ1v) is 7.06. The minimum atomic E-state index is -0.280. The fourth-order valence-corrected chi connectivity index (χ4v) is 2.57. The molecule has 5 heteroatoms. The van der Waals surface area contributed by atoms with Crippen molar-refractivity contribution in [1.82, 2.24) is 15.5 Å². The largest absolute Gasteiger partial charge is 0.371 e. The van der Waals surface area contributed by atoms with Gasteiger partial charge in [0.2, 0.25) is 0 Å². The van der Waals surface area contributed by atoms with Crippen LogP contribution in [-0.2, 0) is 16.8 Å². The molecule has 0 saturated heterocycles. The molecule has 4 nitrogen and oxygen atoms in total. The van der Waals surface area contributed by atoms with Crippen molar-refractivity contribution in [2.75, 3.05) is 20.2 Å². The SMILES string of the molecule is CCNCCCc1nnc(C(C)(CC)OC)s1. The van der Waals surface area contributed by atoms with Gasteiger partial charge in [-0.1, -0.05) is 25.2 Å². The van der Waals surface area contributed by atoms with E-state index in [-0.39, 0.29) is 5.60 Å². The normalized spacial score (nSPS) is 14.8. The van der Waals surface area contributed by atoms with E-state index in [9.17, 15) is 0 Å². The Morgan fingerprint density at radius 2 is 2.12 bits per heavy atom. The summed E-state index contributed by atoms with van der Waals surface area (Å²) in [4.78, 5) is 0. The van der Waals surface area contributed by atoms with Crippen LogP contribution in [0.15, 0.2) is 0 Å². The lowest BCUT2D eigenvalue weighted by molar-refractivity contribution is -0.00207. The van der Waals surface area contributed by atoms with Crippen molar-refractivity contribution in [1.29, 1.82) is 0 Å². The standard InChI is InChI=1S/C12H23N3OS/c1-5-12(3,16-4)11-15-14-10(17-11)8-7-9-13-6-2/h13H,5-9H2,1-4H3. The maximum Gasteiger partial charge on any atom is 0.149 e. The molecule has 0 fully saturated rings. The number of nitrogens with one attached hydrogen (secondary N) is 1. The highest BCUT2D eigenvalue weighted by Crippen LogP contribution is 2.30. The summed E-state index contributed by atoms with van der Waals surface area (Å²) in [6.07, 6.45) is 3.02. The van der Waals surface area contributed by atoms with Crippen LogP contribution in [0, 0.1) is 0 Å². The molecule has 1 atom stereocenters. The van der Waals surface area contributed by atoms with Crippen molar-refractivity contribution in [3.05, 3.63) is 10.0 Å². The fraction of sp³-hybridized carbons (Fsp3) is 0.833. The third-order valence-electron chi connectivity index (χ3n) is 3.04. The van der Waals surface area contributed by atoms with Crippen molar-refractivity contribution in [2.45, 2.75) is 45.6 Å². The Morgan fingerprint density at radius 1 is 1.35 bits per heavy atom. The van der Waals surface area contributed by atoms with Crippen LogP contribution in [-0.4, -0.2) is 30.4 Å². The molecule has 1 unspecified atom stereocenters. The highest BCUT2D eigenvalue weighted by Gasteiger charge is 2.28. The van der Waals surface area contributed by atoms with Crippen LogP contribution in [0.3, 0.4) is 0 Å². The predicted octanol–water partition coefficient (Wildman–Crippen LogP) is 2.35. The van der Waals surface area contributed by atoms with Gasteiger partial charge in [-0.15, -0.1) is 10.2 Å². The highest BCUT2D eigenvalue weighted by molar-refractivity contribution is 7.11. The van der Waals surface area contributed by atoms with Gasteiger partial charge >= 0.3 is 0 Å². The maximum absolute atomic E-state index is 5.52. The van der Waals surface area contributed by atoms with E-state index in [0.29, 0.717) is 0 Å². The minimum Gasteiger partial charge on any atom is -0.371 e. The van der Waals surface area contributed by atoms with Crippen molar-refractivity contribution in [3.8, 4) is 0 Å². The summed E-state index contributed by atoms with van der Waals surface area (Å²) < 4.78 is 5.52. The number of nitrogens with zero attached hydrogens (tertiary/aromatic N) is 2. The number of aromatic nitrogens is 2. The Bertz CT molecular complexity index is 323. The Balaban J connectivity index is 2.53. The maximum atomic E-state index is 5.52. The first kappa shape index (κ1) is 14.5. The van der Waals surface area contributed by atoms with Crippen LogP contribution in [0.1, 0.15) is 43.6 Å². The van der Waals surface area contributed by atoms with Gasteiger partial charge in [0.15, 0.2) is 0 Å². The summed E-state index contributed by atoms with van der Waals surface area (Å²) in [5.41, 5.74) is -0.280. The quantitative estimate of drug-likeness (QED) is 0.726. The van der Waals surface area contributed by atoms with E-state index in [1.807, 2.05) is 0 Å². The smallest absolute Gasteiger partial charge is 0.149 e. The summed E-state index contributed by atoms with van der Waals surface area (Å²) >= 11 is 1.67. The van der Waals surface area contributed by atoms with Crippen LogP contribution in [0.4, 0.5) is 0 Å². The topological polar surface area (TPSA) is 47.0 Å². The van der Waals surface area contributed by atoms with Crippen molar-refractivity contribution >= 4 is 11.3 Å². The molecule has 17 heavy (non-hydrogen) atoms. The van der Waals surface area contributed by atoms with Crippen LogP contribution in [0.25, 0.3) is 0 Å². The lowest BCUT2D eigenvalue weighted by Gasteiger charge is -2.22. The molecule has 1 N–H and O–H groups in total. The third kappa shape index (κ3) is 4.01. The molecule has 0 spiro atoms. The Labute approximate surface area is 108 Å². The second-order valence-corrected chi connectivity index (χ2v) is 5.31. The molecule has 0 aliphatic carbocycles. The van der Waals surface area contributed by atoms with Gasteiger partial charge in [0.25, 0.3) is 0 Å². The Kier molecular flexibility index (Phi) is 6.02. The lowest BCUT2D eigenvalue weighted by Crippen LogP contribution is -2.22. The average molecular weight is 257 g/mol. The van der Waals surface area contributed by atoms with Gasteiger partial charge in [0, 0.05) is 13.5 Å². The summed E-state index contributed by atoms with van der Waals surface area (Å²) in [6, 6.07) is 0. The molecule has 1 aromatic heterocycles. The van der Waals surface area contributed by atoms with E-state index >= 15 is 0 Å². The van der Waals surface area contributed by atoms with Gasteiger partial charge < -0.3 is 10.1 Å². The predicted molar refractivity (Wildman–Crippen MR) is 71.4 cm³/mol. The molecule has 0 amide bonds.